The zero-order valence-corrected chi connectivity index (χ0v) is 7.79. The van der Waals surface area contributed by atoms with Crippen LogP contribution in [-0.4, -0.2) is 17.2 Å². The first-order valence-electron chi connectivity index (χ1n) is 3.78. The second kappa shape index (κ2) is 3.43. The van der Waals surface area contributed by atoms with Gasteiger partial charge in [-0.2, -0.15) is 26.3 Å². The van der Waals surface area contributed by atoms with Crippen molar-refractivity contribution >= 4 is 11.6 Å². The molecule has 15 heavy (non-hydrogen) atoms. The smallest absolute Gasteiger partial charge is 0.169 e. The van der Waals surface area contributed by atoms with Crippen LogP contribution in [0.1, 0.15) is 0 Å². The molecular weight excluding hydrogens is 246 g/mol. The van der Waals surface area contributed by atoms with Gasteiger partial charge in [0.1, 0.15) is 0 Å². The Balaban J connectivity index is 3.19. The lowest BCUT2D eigenvalue weighted by molar-refractivity contribution is -0.274. The van der Waals surface area contributed by atoms with Crippen LogP contribution in [0, 0.1) is 5.92 Å². The lowest BCUT2D eigenvalue weighted by Gasteiger charge is -2.34. The van der Waals surface area contributed by atoms with E-state index in [1.54, 1.807) is 0 Å². The van der Waals surface area contributed by atoms with Gasteiger partial charge < -0.3 is 0 Å². The van der Waals surface area contributed by atoms with E-state index in [2.05, 4.69) is 0 Å². The molecule has 0 amide bonds. The van der Waals surface area contributed by atoms with Gasteiger partial charge in [0.15, 0.2) is 0 Å². The summed E-state index contributed by atoms with van der Waals surface area (Å²) in [5, 5.41) is 0. The van der Waals surface area contributed by atoms with Gasteiger partial charge in [-0.05, 0) is 0 Å². The maximum absolute atomic E-state index is 12.3. The molecule has 0 aromatic rings. The third-order valence-corrected chi connectivity index (χ3v) is 2.71. The summed E-state index contributed by atoms with van der Waals surface area (Å²) < 4.78 is 74.0. The van der Waals surface area contributed by atoms with Crippen LogP contribution in [0.5, 0.6) is 0 Å². The Morgan fingerprint density at radius 2 is 1.13 bits per heavy atom. The van der Waals surface area contributed by atoms with Crippen LogP contribution in [0.25, 0.3) is 0 Å². The van der Waals surface area contributed by atoms with Crippen LogP contribution >= 0.6 is 11.6 Å². The van der Waals surface area contributed by atoms with E-state index in [1.807, 2.05) is 0 Å². The molecule has 0 fully saturated rings. The van der Waals surface area contributed by atoms with E-state index >= 15 is 0 Å². The van der Waals surface area contributed by atoms with Gasteiger partial charge in [0.25, 0.3) is 0 Å². The summed E-state index contributed by atoms with van der Waals surface area (Å²) in [5.41, 5.74) is 0. The zero-order valence-electron chi connectivity index (χ0n) is 7.03. The predicted molar refractivity (Wildman–Crippen MR) is 42.5 cm³/mol. The normalized spacial score (nSPS) is 18.9. The summed E-state index contributed by atoms with van der Waals surface area (Å²) in [5.74, 6) is -1.92. The SMILES string of the molecule is FC(F)(F)C(Cl)(C1C=CC=C1)C(F)(F)F. The van der Waals surface area contributed by atoms with Gasteiger partial charge in [0, 0.05) is 5.92 Å². The molecule has 0 unspecified atom stereocenters. The maximum atomic E-state index is 12.3. The molecule has 0 saturated carbocycles. The lowest BCUT2D eigenvalue weighted by atomic mass is 9.91. The molecule has 0 spiro atoms. The van der Waals surface area contributed by atoms with Gasteiger partial charge in [0.05, 0.1) is 0 Å². The van der Waals surface area contributed by atoms with Crippen molar-refractivity contribution in [3.05, 3.63) is 24.3 Å². The predicted octanol–water partition coefficient (Wildman–Crippen LogP) is 3.83. The first kappa shape index (κ1) is 12.4. The van der Waals surface area contributed by atoms with Gasteiger partial charge in [-0.3, -0.25) is 0 Å². The molecule has 1 aliphatic rings. The Hall–Kier alpha value is -0.650. The molecule has 1 rings (SSSR count). The van der Waals surface area contributed by atoms with Crippen LogP contribution in [-0.2, 0) is 0 Å². The van der Waals surface area contributed by atoms with Crippen molar-refractivity contribution in [1.29, 1.82) is 0 Å². The highest BCUT2D eigenvalue weighted by Crippen LogP contribution is 2.53. The first-order valence-corrected chi connectivity index (χ1v) is 4.16. The third kappa shape index (κ3) is 1.87. The van der Waals surface area contributed by atoms with E-state index in [4.69, 9.17) is 11.6 Å². The molecular formula is C8H5ClF6. The average molecular weight is 251 g/mol. The summed E-state index contributed by atoms with van der Waals surface area (Å²) in [7, 11) is 0. The third-order valence-electron chi connectivity index (χ3n) is 2.03. The first-order chi connectivity index (χ1) is 6.61. The Labute approximate surface area is 86.2 Å². The minimum atomic E-state index is -5.56. The molecule has 0 N–H and O–H groups in total. The number of hydrogen-bond donors (Lipinski definition) is 0. The van der Waals surface area contributed by atoms with Crippen molar-refractivity contribution in [3.63, 3.8) is 0 Å². The van der Waals surface area contributed by atoms with Crippen LogP contribution in [0.3, 0.4) is 0 Å². The molecule has 0 heterocycles. The maximum Gasteiger partial charge on any atom is 0.417 e. The summed E-state index contributed by atoms with van der Waals surface area (Å²) in [6.45, 7) is 0. The Morgan fingerprint density at radius 1 is 0.800 bits per heavy atom. The van der Waals surface area contributed by atoms with Crippen LogP contribution < -0.4 is 0 Å². The highest BCUT2D eigenvalue weighted by Gasteiger charge is 2.72. The quantitative estimate of drug-likeness (QED) is 0.490. The van der Waals surface area contributed by atoms with Gasteiger partial charge in [-0.15, -0.1) is 0 Å². The minimum absolute atomic E-state index is 0.772. The Bertz CT molecular complexity index is 271. The van der Waals surface area contributed by atoms with E-state index in [0.717, 1.165) is 24.3 Å². The molecule has 1 aliphatic carbocycles. The van der Waals surface area contributed by atoms with E-state index < -0.39 is 23.1 Å². The topological polar surface area (TPSA) is 0 Å². The molecule has 0 atom stereocenters. The fourth-order valence-electron chi connectivity index (χ4n) is 1.24. The summed E-state index contributed by atoms with van der Waals surface area (Å²) in [4.78, 5) is -4.25. The second-order valence-corrected chi connectivity index (χ2v) is 3.60. The van der Waals surface area contributed by atoms with Gasteiger partial charge in [-0.25, -0.2) is 0 Å². The number of hydrogen-bond acceptors (Lipinski definition) is 0. The Kier molecular flexibility index (Phi) is 2.84. The average Bonchev–Trinajstić information content (AvgIpc) is 2.49. The number of halogens is 7. The second-order valence-electron chi connectivity index (χ2n) is 3.00. The molecule has 86 valence electrons. The summed E-state index contributed by atoms with van der Waals surface area (Å²) in [6.07, 6.45) is -7.38. The van der Waals surface area contributed by atoms with Crippen molar-refractivity contribution in [2.75, 3.05) is 0 Å². The molecule has 0 aromatic heterocycles. The van der Waals surface area contributed by atoms with Crippen molar-refractivity contribution in [3.8, 4) is 0 Å². The largest absolute Gasteiger partial charge is 0.417 e. The summed E-state index contributed by atoms with van der Waals surface area (Å²) >= 11 is 4.75. The molecule has 0 aliphatic heterocycles. The van der Waals surface area contributed by atoms with E-state index in [9.17, 15) is 26.3 Å². The van der Waals surface area contributed by atoms with E-state index in [0.29, 0.717) is 0 Å². The molecule has 0 radical (unpaired) electrons. The molecule has 0 nitrogen and oxygen atoms in total. The summed E-state index contributed by atoms with van der Waals surface area (Å²) in [6, 6.07) is 0. The molecule has 7 heteroatoms. The van der Waals surface area contributed by atoms with Gasteiger partial charge >= 0.3 is 12.4 Å². The molecule has 0 aromatic carbocycles. The fourth-order valence-corrected chi connectivity index (χ4v) is 1.38. The van der Waals surface area contributed by atoms with Crippen molar-refractivity contribution in [1.82, 2.24) is 0 Å². The minimum Gasteiger partial charge on any atom is -0.169 e. The standard InChI is InChI=1S/C8H5ClF6/c9-6(7(10,11)12,8(13,14)15)5-3-1-2-4-5/h1-5H. The van der Waals surface area contributed by atoms with Crippen molar-refractivity contribution < 1.29 is 26.3 Å². The zero-order chi connectivity index (χ0) is 11.9. The van der Waals surface area contributed by atoms with Crippen LogP contribution in [0.2, 0.25) is 0 Å². The van der Waals surface area contributed by atoms with E-state index in [1.165, 1.54) is 0 Å². The number of allylic oxidation sites excluding steroid dienone is 4. The number of rotatable bonds is 1. The van der Waals surface area contributed by atoms with Gasteiger partial charge in [0.2, 0.25) is 4.87 Å². The van der Waals surface area contributed by atoms with Crippen molar-refractivity contribution in [2.24, 2.45) is 5.92 Å². The molecule has 0 bridgehead atoms. The lowest BCUT2D eigenvalue weighted by Crippen LogP contribution is -2.56. The monoisotopic (exact) mass is 250 g/mol. The Morgan fingerprint density at radius 3 is 1.40 bits per heavy atom. The van der Waals surface area contributed by atoms with Crippen LogP contribution in [0.15, 0.2) is 24.3 Å². The highest BCUT2D eigenvalue weighted by molar-refractivity contribution is 6.25. The molecule has 0 saturated heterocycles. The van der Waals surface area contributed by atoms with E-state index in [-0.39, 0.29) is 0 Å². The fraction of sp³-hybridized carbons (Fsp3) is 0.500. The van der Waals surface area contributed by atoms with Crippen molar-refractivity contribution in [2.45, 2.75) is 17.2 Å². The van der Waals surface area contributed by atoms with Gasteiger partial charge in [-0.1, -0.05) is 35.9 Å². The highest BCUT2D eigenvalue weighted by atomic mass is 35.5. The number of alkyl halides is 7. The van der Waals surface area contributed by atoms with Crippen LogP contribution in [0.4, 0.5) is 26.3 Å².